The van der Waals surface area contributed by atoms with Gasteiger partial charge in [0.25, 0.3) is 0 Å². The number of hydrogen-bond acceptors (Lipinski definition) is 4. The Balaban J connectivity index is 1.75. The second kappa shape index (κ2) is 6.89. The van der Waals surface area contributed by atoms with Crippen molar-refractivity contribution in [2.24, 2.45) is 5.92 Å². The summed E-state index contributed by atoms with van der Waals surface area (Å²) in [5.41, 5.74) is -0.390. The second-order valence-corrected chi connectivity index (χ2v) is 6.81. The van der Waals surface area contributed by atoms with E-state index in [1.165, 1.54) is 32.5 Å². The molecule has 0 aromatic rings. The van der Waals surface area contributed by atoms with Gasteiger partial charge in [-0.05, 0) is 45.6 Å². The van der Waals surface area contributed by atoms with Crippen molar-refractivity contribution in [2.75, 3.05) is 39.3 Å². The zero-order valence-corrected chi connectivity index (χ0v) is 13.4. The van der Waals surface area contributed by atoms with Crippen LogP contribution in [0.4, 0.5) is 0 Å². The van der Waals surface area contributed by atoms with Crippen molar-refractivity contribution >= 4 is 0 Å². The summed E-state index contributed by atoms with van der Waals surface area (Å²) < 4.78 is 0. The molecule has 0 radical (unpaired) electrons. The summed E-state index contributed by atoms with van der Waals surface area (Å²) in [7, 11) is 0. The van der Waals surface area contributed by atoms with Crippen LogP contribution in [0.5, 0.6) is 0 Å². The van der Waals surface area contributed by atoms with Gasteiger partial charge in [0.05, 0.1) is 6.07 Å². The fraction of sp³-hybridized carbons (Fsp3) is 0.938. The summed E-state index contributed by atoms with van der Waals surface area (Å²) in [6, 6.07) is 2.92. The van der Waals surface area contributed by atoms with Crippen LogP contribution in [-0.4, -0.2) is 60.6 Å². The standard InChI is InChI=1S/C16H30N4/c1-4-18-16(3,13-17)11-14(2)20-9-7-19(8-10-20)12-15-5-6-15/h14-15,18H,4-12H2,1-3H3. The molecule has 2 rings (SSSR count). The van der Waals surface area contributed by atoms with Crippen molar-refractivity contribution in [2.45, 2.75) is 51.6 Å². The van der Waals surface area contributed by atoms with E-state index in [0.29, 0.717) is 6.04 Å². The van der Waals surface area contributed by atoms with Crippen LogP contribution in [-0.2, 0) is 0 Å². The third-order valence-electron chi connectivity index (χ3n) is 4.76. The predicted molar refractivity (Wildman–Crippen MR) is 82.5 cm³/mol. The average molecular weight is 278 g/mol. The van der Waals surface area contributed by atoms with E-state index < -0.39 is 0 Å². The Kier molecular flexibility index (Phi) is 5.42. The quantitative estimate of drug-likeness (QED) is 0.769. The molecule has 1 N–H and O–H groups in total. The van der Waals surface area contributed by atoms with E-state index in [4.69, 9.17) is 0 Å². The zero-order valence-electron chi connectivity index (χ0n) is 13.4. The molecular weight excluding hydrogens is 248 g/mol. The first-order chi connectivity index (χ1) is 9.56. The summed E-state index contributed by atoms with van der Waals surface area (Å²) in [4.78, 5) is 5.17. The number of piperazine rings is 1. The first-order valence-corrected chi connectivity index (χ1v) is 8.19. The number of nitrogens with one attached hydrogen (secondary N) is 1. The molecule has 4 heteroatoms. The van der Waals surface area contributed by atoms with Gasteiger partial charge in [-0.25, -0.2) is 0 Å². The molecule has 20 heavy (non-hydrogen) atoms. The van der Waals surface area contributed by atoms with Crippen LogP contribution in [0, 0.1) is 17.2 Å². The van der Waals surface area contributed by atoms with E-state index >= 15 is 0 Å². The highest BCUT2D eigenvalue weighted by Crippen LogP contribution is 2.30. The molecule has 2 aliphatic rings. The molecule has 114 valence electrons. The lowest BCUT2D eigenvalue weighted by molar-refractivity contribution is 0.0882. The Morgan fingerprint density at radius 3 is 2.45 bits per heavy atom. The molecule has 0 aromatic carbocycles. The fourth-order valence-electron chi connectivity index (χ4n) is 3.32. The smallest absolute Gasteiger partial charge is 0.105 e. The Hall–Kier alpha value is -0.630. The zero-order chi connectivity index (χ0) is 14.6. The maximum absolute atomic E-state index is 9.37. The van der Waals surface area contributed by atoms with Crippen molar-refractivity contribution in [3.05, 3.63) is 0 Å². The Labute approximate surface area is 124 Å². The lowest BCUT2D eigenvalue weighted by Gasteiger charge is -2.40. The van der Waals surface area contributed by atoms with Crippen molar-refractivity contribution in [3.63, 3.8) is 0 Å². The van der Waals surface area contributed by atoms with Gasteiger partial charge >= 0.3 is 0 Å². The van der Waals surface area contributed by atoms with Crippen molar-refractivity contribution in [1.82, 2.24) is 15.1 Å². The van der Waals surface area contributed by atoms with Gasteiger partial charge in [0, 0.05) is 38.8 Å². The Bertz CT molecular complexity index is 339. The molecular formula is C16H30N4. The number of rotatable bonds is 7. The van der Waals surface area contributed by atoms with Gasteiger partial charge in [0.2, 0.25) is 0 Å². The molecule has 1 aliphatic carbocycles. The van der Waals surface area contributed by atoms with E-state index in [9.17, 15) is 5.26 Å². The van der Waals surface area contributed by atoms with Gasteiger partial charge in [0.15, 0.2) is 0 Å². The predicted octanol–water partition coefficient (Wildman–Crippen LogP) is 1.68. The first kappa shape index (κ1) is 15.8. The van der Waals surface area contributed by atoms with E-state index in [0.717, 1.165) is 32.0 Å². The highest BCUT2D eigenvalue weighted by Gasteiger charge is 2.31. The summed E-state index contributed by atoms with van der Waals surface area (Å²) in [6.45, 7) is 13.2. The highest BCUT2D eigenvalue weighted by atomic mass is 15.3. The maximum atomic E-state index is 9.37. The summed E-state index contributed by atoms with van der Waals surface area (Å²) >= 11 is 0. The maximum Gasteiger partial charge on any atom is 0.105 e. The van der Waals surface area contributed by atoms with Crippen molar-refractivity contribution in [3.8, 4) is 6.07 Å². The monoisotopic (exact) mass is 278 g/mol. The van der Waals surface area contributed by atoms with Crippen LogP contribution >= 0.6 is 0 Å². The van der Waals surface area contributed by atoms with Crippen LogP contribution in [0.25, 0.3) is 0 Å². The van der Waals surface area contributed by atoms with Gasteiger partial charge in [-0.2, -0.15) is 5.26 Å². The highest BCUT2D eigenvalue weighted by molar-refractivity contribution is 5.05. The lowest BCUT2D eigenvalue weighted by Crippen LogP contribution is -2.53. The van der Waals surface area contributed by atoms with Gasteiger partial charge in [-0.3, -0.25) is 10.2 Å². The number of nitriles is 1. The molecule has 1 saturated carbocycles. The first-order valence-electron chi connectivity index (χ1n) is 8.19. The SMILES string of the molecule is CCNC(C)(C#N)CC(C)N1CCN(CC2CC2)CC1. The fourth-order valence-corrected chi connectivity index (χ4v) is 3.32. The number of nitrogens with zero attached hydrogens (tertiary/aromatic N) is 3. The molecule has 4 nitrogen and oxygen atoms in total. The van der Waals surface area contributed by atoms with E-state index in [-0.39, 0.29) is 5.54 Å². The summed E-state index contributed by atoms with van der Waals surface area (Å²) in [5.74, 6) is 0.995. The molecule has 0 spiro atoms. The Morgan fingerprint density at radius 2 is 1.95 bits per heavy atom. The molecule has 1 aliphatic heterocycles. The minimum atomic E-state index is -0.390. The van der Waals surface area contributed by atoms with E-state index in [2.05, 4.69) is 35.0 Å². The molecule has 1 heterocycles. The molecule has 0 amide bonds. The van der Waals surface area contributed by atoms with Gasteiger partial charge in [-0.1, -0.05) is 6.92 Å². The normalized spacial score (nSPS) is 25.9. The summed E-state index contributed by atoms with van der Waals surface area (Å²) in [5, 5.41) is 12.7. The van der Waals surface area contributed by atoms with Crippen LogP contribution in [0.2, 0.25) is 0 Å². The minimum Gasteiger partial charge on any atom is -0.301 e. The average Bonchev–Trinajstić information content (AvgIpc) is 3.23. The molecule has 2 atom stereocenters. The molecule has 2 fully saturated rings. The minimum absolute atomic E-state index is 0.390. The van der Waals surface area contributed by atoms with Gasteiger partial charge in [0.1, 0.15) is 5.54 Å². The van der Waals surface area contributed by atoms with Crippen LogP contribution in [0.15, 0.2) is 0 Å². The third kappa shape index (κ3) is 4.44. The molecule has 0 bridgehead atoms. The topological polar surface area (TPSA) is 42.3 Å². The van der Waals surface area contributed by atoms with Crippen LogP contribution in [0.1, 0.15) is 40.0 Å². The molecule has 2 unspecified atom stereocenters. The van der Waals surface area contributed by atoms with Crippen LogP contribution in [0.3, 0.4) is 0 Å². The van der Waals surface area contributed by atoms with Gasteiger partial charge < -0.3 is 4.90 Å². The van der Waals surface area contributed by atoms with Crippen molar-refractivity contribution < 1.29 is 0 Å². The summed E-state index contributed by atoms with van der Waals surface area (Å²) in [6.07, 6.45) is 3.79. The van der Waals surface area contributed by atoms with Crippen LogP contribution < -0.4 is 5.32 Å². The molecule has 0 aromatic heterocycles. The van der Waals surface area contributed by atoms with E-state index in [1.54, 1.807) is 0 Å². The Morgan fingerprint density at radius 1 is 1.30 bits per heavy atom. The van der Waals surface area contributed by atoms with Gasteiger partial charge in [-0.15, -0.1) is 0 Å². The second-order valence-electron chi connectivity index (χ2n) is 6.81. The number of hydrogen-bond donors (Lipinski definition) is 1. The third-order valence-corrected chi connectivity index (χ3v) is 4.76. The molecule has 1 saturated heterocycles. The largest absolute Gasteiger partial charge is 0.301 e. The lowest BCUT2D eigenvalue weighted by atomic mass is 9.94. The van der Waals surface area contributed by atoms with E-state index in [1.807, 2.05) is 6.92 Å². The van der Waals surface area contributed by atoms with Crippen molar-refractivity contribution in [1.29, 1.82) is 5.26 Å².